The summed E-state index contributed by atoms with van der Waals surface area (Å²) in [5.74, 6) is 1.01. The molecule has 5 nitrogen and oxygen atoms in total. The van der Waals surface area contributed by atoms with E-state index in [9.17, 15) is 5.11 Å². The number of aliphatic hydroxyl groups is 1. The zero-order chi connectivity index (χ0) is 14.9. The van der Waals surface area contributed by atoms with Gasteiger partial charge in [-0.2, -0.15) is 0 Å². The lowest BCUT2D eigenvalue weighted by molar-refractivity contribution is -0.228. The molecule has 1 aliphatic heterocycles. The number of hydrogen-bond donors (Lipinski definition) is 1. The minimum atomic E-state index is -0.531. The zero-order valence-electron chi connectivity index (χ0n) is 12.9. The van der Waals surface area contributed by atoms with Crippen molar-refractivity contribution < 1.29 is 19.1 Å². The Morgan fingerprint density at radius 2 is 2.14 bits per heavy atom. The van der Waals surface area contributed by atoms with E-state index in [4.69, 9.17) is 14.0 Å². The van der Waals surface area contributed by atoms with Crippen molar-refractivity contribution in [2.75, 3.05) is 7.11 Å². The smallest absolute Gasteiger partial charge is 0.183 e. The van der Waals surface area contributed by atoms with Gasteiger partial charge in [0.25, 0.3) is 0 Å². The highest BCUT2D eigenvalue weighted by Gasteiger charge is 2.35. The molecule has 118 valence electrons. The molecule has 21 heavy (non-hydrogen) atoms. The second-order valence-corrected chi connectivity index (χ2v) is 6.66. The molecule has 5 heteroatoms. The summed E-state index contributed by atoms with van der Waals surface area (Å²) < 4.78 is 16.5. The molecule has 1 N–H and O–H groups in total. The van der Waals surface area contributed by atoms with Crippen molar-refractivity contribution in [2.45, 2.75) is 75.8 Å². The quantitative estimate of drug-likeness (QED) is 0.925. The molecule has 2 fully saturated rings. The van der Waals surface area contributed by atoms with Crippen LogP contribution in [0.2, 0.25) is 0 Å². The lowest BCUT2D eigenvalue weighted by Crippen LogP contribution is -2.40. The Morgan fingerprint density at radius 3 is 2.86 bits per heavy atom. The SMILES string of the molecule is COC1OC(Cc2cc(C3(C)CCCC3)on2)CCC1O. The summed E-state index contributed by atoms with van der Waals surface area (Å²) in [6.07, 6.45) is 6.11. The number of rotatable bonds is 4. The maximum absolute atomic E-state index is 9.75. The van der Waals surface area contributed by atoms with Crippen molar-refractivity contribution in [3.8, 4) is 0 Å². The van der Waals surface area contributed by atoms with Crippen LogP contribution in [-0.2, 0) is 21.3 Å². The largest absolute Gasteiger partial charge is 0.388 e. The van der Waals surface area contributed by atoms with Crippen molar-refractivity contribution >= 4 is 0 Å². The molecule has 0 bridgehead atoms. The van der Waals surface area contributed by atoms with Gasteiger partial charge in [-0.3, -0.25) is 0 Å². The number of nitrogens with zero attached hydrogens (tertiary/aromatic N) is 1. The van der Waals surface area contributed by atoms with Gasteiger partial charge in [0, 0.05) is 25.0 Å². The van der Waals surface area contributed by atoms with Gasteiger partial charge >= 0.3 is 0 Å². The van der Waals surface area contributed by atoms with E-state index in [1.807, 2.05) is 0 Å². The molecule has 0 aromatic carbocycles. The third-order valence-electron chi connectivity index (χ3n) is 4.96. The van der Waals surface area contributed by atoms with Gasteiger partial charge in [0.15, 0.2) is 6.29 Å². The van der Waals surface area contributed by atoms with Crippen LogP contribution in [0.1, 0.15) is 56.9 Å². The molecule has 1 saturated carbocycles. The Bertz CT molecular complexity index is 467. The summed E-state index contributed by atoms with van der Waals surface area (Å²) in [7, 11) is 1.56. The Hall–Kier alpha value is -0.910. The fraction of sp³-hybridized carbons (Fsp3) is 0.812. The molecule has 2 heterocycles. The second kappa shape index (κ2) is 6.07. The molecule has 1 aromatic heterocycles. The van der Waals surface area contributed by atoms with Gasteiger partial charge in [-0.15, -0.1) is 0 Å². The fourth-order valence-corrected chi connectivity index (χ4v) is 3.53. The molecule has 1 aliphatic carbocycles. The van der Waals surface area contributed by atoms with Gasteiger partial charge in [-0.1, -0.05) is 24.9 Å². The number of ether oxygens (including phenoxy) is 2. The van der Waals surface area contributed by atoms with Crippen LogP contribution >= 0.6 is 0 Å². The highest BCUT2D eigenvalue weighted by atomic mass is 16.7. The highest BCUT2D eigenvalue weighted by Crippen LogP contribution is 2.40. The Morgan fingerprint density at radius 1 is 1.38 bits per heavy atom. The zero-order valence-corrected chi connectivity index (χ0v) is 12.9. The third kappa shape index (κ3) is 3.15. The average molecular weight is 295 g/mol. The van der Waals surface area contributed by atoms with Crippen LogP contribution in [0.5, 0.6) is 0 Å². The van der Waals surface area contributed by atoms with Crippen LogP contribution < -0.4 is 0 Å². The number of aliphatic hydroxyl groups excluding tert-OH is 1. The average Bonchev–Trinajstić information content (AvgIpc) is 3.11. The van der Waals surface area contributed by atoms with Gasteiger partial charge in [0.1, 0.15) is 11.9 Å². The Labute approximate surface area is 125 Å². The van der Waals surface area contributed by atoms with Gasteiger partial charge in [0.05, 0.1) is 11.8 Å². The standard InChI is InChI=1S/C16H25NO4/c1-16(7-3-4-8-16)14-10-11(17-21-14)9-12-5-6-13(18)15(19-2)20-12/h10,12-13,15,18H,3-9H2,1-2H3. The maximum atomic E-state index is 9.75. The first-order valence-corrected chi connectivity index (χ1v) is 7.93. The van der Waals surface area contributed by atoms with Gasteiger partial charge in [-0.25, -0.2) is 0 Å². The van der Waals surface area contributed by atoms with Gasteiger partial charge < -0.3 is 19.1 Å². The molecule has 0 radical (unpaired) electrons. The lowest BCUT2D eigenvalue weighted by Gasteiger charge is -2.32. The maximum Gasteiger partial charge on any atom is 0.183 e. The molecule has 0 spiro atoms. The second-order valence-electron chi connectivity index (χ2n) is 6.66. The van der Waals surface area contributed by atoms with E-state index < -0.39 is 12.4 Å². The van der Waals surface area contributed by atoms with Crippen molar-refractivity contribution in [3.63, 3.8) is 0 Å². The highest BCUT2D eigenvalue weighted by molar-refractivity contribution is 5.17. The summed E-state index contributed by atoms with van der Waals surface area (Å²) >= 11 is 0. The first-order chi connectivity index (χ1) is 10.1. The number of methoxy groups -OCH3 is 1. The van der Waals surface area contributed by atoms with E-state index in [1.54, 1.807) is 7.11 Å². The van der Waals surface area contributed by atoms with Crippen LogP contribution in [0.25, 0.3) is 0 Å². The minimum absolute atomic E-state index is 0.0349. The summed E-state index contributed by atoms with van der Waals surface area (Å²) in [5, 5.41) is 14.0. The van der Waals surface area contributed by atoms with E-state index in [-0.39, 0.29) is 11.5 Å². The van der Waals surface area contributed by atoms with E-state index in [2.05, 4.69) is 18.1 Å². The molecule has 3 unspecified atom stereocenters. The molecular weight excluding hydrogens is 270 g/mol. The summed E-state index contributed by atoms with van der Waals surface area (Å²) in [6, 6.07) is 2.08. The molecule has 3 atom stereocenters. The first-order valence-electron chi connectivity index (χ1n) is 7.93. The molecule has 1 aromatic rings. The molecule has 1 saturated heterocycles. The predicted octanol–water partition coefficient (Wildman–Crippen LogP) is 2.56. The summed E-state index contributed by atoms with van der Waals surface area (Å²) in [4.78, 5) is 0. The predicted molar refractivity (Wildman–Crippen MR) is 76.9 cm³/mol. The van der Waals surface area contributed by atoms with Gasteiger partial charge in [-0.05, 0) is 25.7 Å². The summed E-state index contributed by atoms with van der Waals surface area (Å²) in [6.45, 7) is 2.26. The fourth-order valence-electron chi connectivity index (χ4n) is 3.53. The van der Waals surface area contributed by atoms with E-state index in [0.717, 1.165) is 17.9 Å². The Balaban J connectivity index is 1.62. The molecular formula is C16H25NO4. The molecule has 3 rings (SSSR count). The summed E-state index contributed by atoms with van der Waals surface area (Å²) in [5.41, 5.74) is 1.10. The van der Waals surface area contributed by atoms with Crippen molar-refractivity contribution in [2.24, 2.45) is 0 Å². The van der Waals surface area contributed by atoms with Crippen molar-refractivity contribution in [1.29, 1.82) is 0 Å². The van der Waals surface area contributed by atoms with Crippen molar-refractivity contribution in [1.82, 2.24) is 5.16 Å². The minimum Gasteiger partial charge on any atom is -0.388 e. The van der Waals surface area contributed by atoms with Crippen LogP contribution in [0.15, 0.2) is 10.6 Å². The normalized spacial score (nSPS) is 32.4. The van der Waals surface area contributed by atoms with Crippen LogP contribution in [0.4, 0.5) is 0 Å². The van der Waals surface area contributed by atoms with E-state index >= 15 is 0 Å². The number of aromatic nitrogens is 1. The van der Waals surface area contributed by atoms with Crippen LogP contribution in [0, 0.1) is 0 Å². The molecule has 0 amide bonds. The first kappa shape index (κ1) is 15.0. The van der Waals surface area contributed by atoms with Crippen molar-refractivity contribution in [3.05, 3.63) is 17.5 Å². The Kier molecular flexibility index (Phi) is 4.33. The van der Waals surface area contributed by atoms with E-state index in [1.165, 1.54) is 25.7 Å². The van der Waals surface area contributed by atoms with Crippen LogP contribution in [-0.4, -0.2) is 35.9 Å². The molecule has 2 aliphatic rings. The number of hydrogen-bond acceptors (Lipinski definition) is 5. The van der Waals surface area contributed by atoms with Crippen LogP contribution in [0.3, 0.4) is 0 Å². The topological polar surface area (TPSA) is 64.7 Å². The van der Waals surface area contributed by atoms with E-state index in [0.29, 0.717) is 12.8 Å². The van der Waals surface area contributed by atoms with Gasteiger partial charge in [0.2, 0.25) is 0 Å². The monoisotopic (exact) mass is 295 g/mol. The lowest BCUT2D eigenvalue weighted by atomic mass is 9.86. The third-order valence-corrected chi connectivity index (χ3v) is 4.96.